The average molecular weight is 352 g/mol. The first-order valence-electron chi connectivity index (χ1n) is 7.13. The van der Waals surface area contributed by atoms with Gasteiger partial charge in [-0.1, -0.05) is 41.4 Å². The number of amides is 1. The van der Waals surface area contributed by atoms with E-state index in [0.29, 0.717) is 10.9 Å². The molecule has 4 nitrogen and oxygen atoms in total. The second-order valence-corrected chi connectivity index (χ2v) is 7.08. The van der Waals surface area contributed by atoms with E-state index in [4.69, 9.17) is 16.3 Å². The highest BCUT2D eigenvalue weighted by Crippen LogP contribution is 2.22. The second-order valence-electron chi connectivity index (χ2n) is 5.28. The van der Waals surface area contributed by atoms with E-state index >= 15 is 0 Å². The molecular formula is C17H18ClNO3S. The number of aryl methyl sites for hydroxylation is 1. The van der Waals surface area contributed by atoms with Gasteiger partial charge in [0.05, 0.1) is 17.3 Å². The van der Waals surface area contributed by atoms with Crippen molar-refractivity contribution in [2.24, 2.45) is 0 Å². The van der Waals surface area contributed by atoms with Crippen molar-refractivity contribution in [2.45, 2.75) is 19.9 Å². The number of nitrogens with zero attached hydrogens (tertiary/aromatic N) is 1. The Morgan fingerprint density at radius 2 is 1.87 bits per heavy atom. The van der Waals surface area contributed by atoms with Gasteiger partial charge in [-0.15, -0.1) is 11.3 Å². The predicted octanol–water partition coefficient (Wildman–Crippen LogP) is 3.45. The van der Waals surface area contributed by atoms with Gasteiger partial charge in [0.1, 0.15) is 0 Å². The first-order chi connectivity index (χ1) is 10.9. The van der Waals surface area contributed by atoms with Crippen LogP contribution in [-0.4, -0.2) is 30.4 Å². The fraction of sp³-hybridized carbons (Fsp3) is 0.294. The molecule has 1 aromatic carbocycles. The third-order valence-electron chi connectivity index (χ3n) is 3.27. The van der Waals surface area contributed by atoms with Crippen LogP contribution in [0.2, 0.25) is 4.34 Å². The van der Waals surface area contributed by atoms with Crippen molar-refractivity contribution in [3.05, 3.63) is 56.7 Å². The van der Waals surface area contributed by atoms with Crippen LogP contribution in [0.5, 0.6) is 0 Å². The predicted molar refractivity (Wildman–Crippen MR) is 91.6 cm³/mol. The van der Waals surface area contributed by atoms with Crippen LogP contribution in [0.25, 0.3) is 0 Å². The lowest BCUT2D eigenvalue weighted by Crippen LogP contribution is -2.30. The number of ether oxygens (including phenoxy) is 1. The van der Waals surface area contributed by atoms with E-state index in [1.54, 1.807) is 13.1 Å². The summed E-state index contributed by atoms with van der Waals surface area (Å²) in [5.41, 5.74) is 2.00. The summed E-state index contributed by atoms with van der Waals surface area (Å²) in [6.07, 6.45) is 0.164. The highest BCUT2D eigenvalue weighted by atomic mass is 35.5. The molecule has 0 spiro atoms. The molecule has 0 fully saturated rings. The lowest BCUT2D eigenvalue weighted by atomic mass is 10.1. The van der Waals surface area contributed by atoms with Crippen LogP contribution in [0, 0.1) is 6.92 Å². The summed E-state index contributed by atoms with van der Waals surface area (Å²) in [7, 11) is 1.67. The summed E-state index contributed by atoms with van der Waals surface area (Å²) in [6, 6.07) is 11.3. The third-order valence-corrected chi connectivity index (χ3v) is 4.49. The number of esters is 1. The topological polar surface area (TPSA) is 46.6 Å². The van der Waals surface area contributed by atoms with Crippen LogP contribution in [0.1, 0.15) is 16.0 Å². The van der Waals surface area contributed by atoms with Gasteiger partial charge in [-0.25, -0.2) is 0 Å². The zero-order chi connectivity index (χ0) is 16.8. The van der Waals surface area contributed by atoms with Crippen molar-refractivity contribution < 1.29 is 14.3 Å². The number of thiophene rings is 1. The Morgan fingerprint density at radius 1 is 1.17 bits per heavy atom. The van der Waals surface area contributed by atoms with Gasteiger partial charge in [-0.3, -0.25) is 9.59 Å². The number of carbonyl (C=O) groups is 2. The Bertz CT molecular complexity index is 681. The van der Waals surface area contributed by atoms with E-state index in [9.17, 15) is 9.59 Å². The SMILES string of the molecule is Cc1ccc(CC(=O)OCC(=O)N(C)Cc2ccc(Cl)s2)cc1. The van der Waals surface area contributed by atoms with Gasteiger partial charge >= 0.3 is 5.97 Å². The van der Waals surface area contributed by atoms with Gasteiger partial charge in [0, 0.05) is 11.9 Å². The summed E-state index contributed by atoms with van der Waals surface area (Å²) in [6.45, 7) is 2.18. The number of hydrogen-bond acceptors (Lipinski definition) is 4. The van der Waals surface area contributed by atoms with Crippen molar-refractivity contribution in [1.29, 1.82) is 0 Å². The van der Waals surface area contributed by atoms with Gasteiger partial charge in [0.25, 0.3) is 5.91 Å². The van der Waals surface area contributed by atoms with E-state index in [1.807, 2.05) is 37.3 Å². The van der Waals surface area contributed by atoms with Crippen LogP contribution >= 0.6 is 22.9 Å². The van der Waals surface area contributed by atoms with E-state index in [2.05, 4.69) is 0 Å². The molecule has 0 radical (unpaired) electrons. The number of benzene rings is 1. The van der Waals surface area contributed by atoms with Crippen LogP contribution in [-0.2, 0) is 27.3 Å². The number of rotatable bonds is 6. The number of halogens is 1. The smallest absolute Gasteiger partial charge is 0.310 e. The molecule has 0 bridgehead atoms. The zero-order valence-electron chi connectivity index (χ0n) is 13.0. The standard InChI is InChI=1S/C17H18ClNO3S/c1-12-3-5-13(6-4-12)9-17(21)22-11-16(20)19(2)10-14-7-8-15(18)23-14/h3-8H,9-11H2,1-2H3. The summed E-state index contributed by atoms with van der Waals surface area (Å²) < 4.78 is 5.73. The molecule has 1 amide bonds. The maximum Gasteiger partial charge on any atom is 0.310 e. The van der Waals surface area contributed by atoms with E-state index in [1.165, 1.54) is 16.2 Å². The first-order valence-corrected chi connectivity index (χ1v) is 8.33. The number of likely N-dealkylation sites (N-methyl/N-ethyl adjacent to an activating group) is 1. The van der Waals surface area contributed by atoms with E-state index in [-0.39, 0.29) is 18.9 Å². The Kier molecular flexibility index (Phi) is 6.19. The van der Waals surface area contributed by atoms with Crippen molar-refractivity contribution in [2.75, 3.05) is 13.7 Å². The van der Waals surface area contributed by atoms with Gasteiger partial charge < -0.3 is 9.64 Å². The van der Waals surface area contributed by atoms with Gasteiger partial charge in [0.2, 0.25) is 0 Å². The minimum absolute atomic E-state index is 0.164. The van der Waals surface area contributed by atoms with Crippen molar-refractivity contribution >= 4 is 34.8 Å². The molecule has 0 saturated carbocycles. The molecule has 1 aromatic heterocycles. The highest BCUT2D eigenvalue weighted by molar-refractivity contribution is 7.16. The largest absolute Gasteiger partial charge is 0.455 e. The lowest BCUT2D eigenvalue weighted by Gasteiger charge is -2.16. The summed E-state index contributed by atoms with van der Waals surface area (Å²) in [5, 5.41) is 0. The number of carbonyl (C=O) groups excluding carboxylic acids is 2. The molecule has 6 heteroatoms. The minimum atomic E-state index is -0.408. The average Bonchev–Trinajstić information content (AvgIpc) is 2.92. The zero-order valence-corrected chi connectivity index (χ0v) is 14.6. The quantitative estimate of drug-likeness (QED) is 0.749. The van der Waals surface area contributed by atoms with E-state index < -0.39 is 5.97 Å². The molecule has 0 saturated heterocycles. The third kappa shape index (κ3) is 5.69. The maximum atomic E-state index is 12.0. The molecule has 0 atom stereocenters. The molecule has 1 heterocycles. The summed E-state index contributed by atoms with van der Waals surface area (Å²) in [4.78, 5) is 26.3. The van der Waals surface area contributed by atoms with Crippen molar-refractivity contribution in [3.8, 4) is 0 Å². The fourth-order valence-electron chi connectivity index (χ4n) is 1.93. The summed E-state index contributed by atoms with van der Waals surface area (Å²) in [5.74, 6) is -0.651. The Hall–Kier alpha value is -1.85. The Morgan fingerprint density at radius 3 is 2.48 bits per heavy atom. The van der Waals surface area contributed by atoms with Crippen molar-refractivity contribution in [1.82, 2.24) is 4.90 Å². The molecular weight excluding hydrogens is 334 g/mol. The van der Waals surface area contributed by atoms with Gasteiger partial charge in [-0.05, 0) is 24.6 Å². The highest BCUT2D eigenvalue weighted by Gasteiger charge is 2.13. The van der Waals surface area contributed by atoms with Gasteiger partial charge in [-0.2, -0.15) is 0 Å². The maximum absolute atomic E-state index is 12.0. The fourth-order valence-corrected chi connectivity index (χ4v) is 3.08. The molecule has 2 aromatic rings. The minimum Gasteiger partial charge on any atom is -0.455 e. The molecule has 0 unspecified atom stereocenters. The lowest BCUT2D eigenvalue weighted by molar-refractivity contribution is -0.151. The molecule has 2 rings (SSSR count). The molecule has 0 N–H and O–H groups in total. The normalized spacial score (nSPS) is 10.4. The van der Waals surface area contributed by atoms with Crippen LogP contribution in [0.15, 0.2) is 36.4 Å². The monoisotopic (exact) mass is 351 g/mol. The molecule has 23 heavy (non-hydrogen) atoms. The Labute approximate surface area is 144 Å². The summed E-state index contributed by atoms with van der Waals surface area (Å²) >= 11 is 7.28. The van der Waals surface area contributed by atoms with Gasteiger partial charge in [0.15, 0.2) is 6.61 Å². The van der Waals surface area contributed by atoms with Crippen LogP contribution in [0.3, 0.4) is 0 Å². The van der Waals surface area contributed by atoms with Crippen LogP contribution < -0.4 is 0 Å². The molecule has 122 valence electrons. The van der Waals surface area contributed by atoms with Crippen molar-refractivity contribution in [3.63, 3.8) is 0 Å². The second kappa shape index (κ2) is 8.13. The molecule has 0 aliphatic carbocycles. The first kappa shape index (κ1) is 17.5. The molecule has 0 aliphatic heterocycles. The molecule has 0 aliphatic rings. The number of hydrogen-bond donors (Lipinski definition) is 0. The Balaban J connectivity index is 1.76. The van der Waals surface area contributed by atoms with E-state index in [0.717, 1.165) is 16.0 Å². The van der Waals surface area contributed by atoms with Crippen LogP contribution in [0.4, 0.5) is 0 Å².